The summed E-state index contributed by atoms with van der Waals surface area (Å²) >= 11 is 12.6. The molecule has 0 bridgehead atoms. The van der Waals surface area contributed by atoms with Crippen LogP contribution in [0.3, 0.4) is 0 Å². The van der Waals surface area contributed by atoms with Gasteiger partial charge in [0.1, 0.15) is 17.3 Å². The zero-order valence-corrected chi connectivity index (χ0v) is 11.8. The Kier molecular flexibility index (Phi) is 3.78. The number of benzene rings is 1. The molecule has 1 aromatic carbocycles. The summed E-state index contributed by atoms with van der Waals surface area (Å²) in [6.07, 6.45) is 1.41. The molecule has 0 aliphatic carbocycles. The summed E-state index contributed by atoms with van der Waals surface area (Å²) < 4.78 is 1.60. The fraction of sp³-hybridized carbons (Fsp3) is 0. The highest BCUT2D eigenvalue weighted by atomic mass is 79.9. The van der Waals surface area contributed by atoms with Gasteiger partial charge in [0.2, 0.25) is 0 Å². The lowest BCUT2D eigenvalue weighted by Crippen LogP contribution is -1.96. The van der Waals surface area contributed by atoms with Crippen LogP contribution in [0.4, 0.5) is 11.5 Å². The summed E-state index contributed by atoms with van der Waals surface area (Å²) in [5.74, 6) is 0.631. The second-order valence-electron chi connectivity index (χ2n) is 2.93. The van der Waals surface area contributed by atoms with E-state index in [-0.39, 0.29) is 0 Å². The maximum absolute atomic E-state index is 5.87. The topological polar surface area (TPSA) is 37.8 Å². The van der Waals surface area contributed by atoms with E-state index in [0.29, 0.717) is 15.4 Å². The molecule has 6 heteroatoms. The first-order valence-corrected chi connectivity index (χ1v) is 6.32. The third-order valence-electron chi connectivity index (χ3n) is 1.87. The smallest absolute Gasteiger partial charge is 0.149 e. The molecule has 1 heterocycles. The van der Waals surface area contributed by atoms with Crippen molar-refractivity contribution >= 4 is 55.0 Å². The lowest BCUT2D eigenvalue weighted by atomic mass is 10.3. The molecule has 2 aromatic rings. The Labute approximate surface area is 115 Å². The van der Waals surface area contributed by atoms with Crippen molar-refractivity contribution in [2.75, 3.05) is 5.32 Å². The van der Waals surface area contributed by atoms with E-state index in [2.05, 4.69) is 47.1 Å². The molecule has 0 atom stereocenters. The summed E-state index contributed by atoms with van der Waals surface area (Å²) in [5, 5.41) is 3.53. The van der Waals surface area contributed by atoms with E-state index in [1.165, 1.54) is 6.33 Å². The Morgan fingerprint density at radius 3 is 2.62 bits per heavy atom. The van der Waals surface area contributed by atoms with Crippen LogP contribution in [0.15, 0.2) is 39.5 Å². The quantitative estimate of drug-likeness (QED) is 0.804. The molecule has 0 amide bonds. The van der Waals surface area contributed by atoms with Crippen LogP contribution in [0.1, 0.15) is 0 Å². The molecule has 0 fully saturated rings. The standard InChI is InChI=1S/C10H6Br2ClN3/c11-6-3-1-2-4-7(6)16-10-8(12)9(13)14-5-15-10/h1-5H,(H,14,15,16). The van der Waals surface area contributed by atoms with E-state index in [1.54, 1.807) is 0 Å². The van der Waals surface area contributed by atoms with Crippen LogP contribution in [-0.4, -0.2) is 9.97 Å². The summed E-state index contributed by atoms with van der Waals surface area (Å²) in [6.45, 7) is 0. The molecule has 0 spiro atoms. The lowest BCUT2D eigenvalue weighted by molar-refractivity contribution is 1.15. The van der Waals surface area contributed by atoms with E-state index in [1.807, 2.05) is 24.3 Å². The van der Waals surface area contributed by atoms with E-state index < -0.39 is 0 Å². The highest BCUT2D eigenvalue weighted by Gasteiger charge is 2.07. The molecule has 82 valence electrons. The van der Waals surface area contributed by atoms with Crippen molar-refractivity contribution in [1.82, 2.24) is 9.97 Å². The van der Waals surface area contributed by atoms with Crippen molar-refractivity contribution in [2.24, 2.45) is 0 Å². The van der Waals surface area contributed by atoms with Crippen LogP contribution in [0.5, 0.6) is 0 Å². The van der Waals surface area contributed by atoms with E-state index in [9.17, 15) is 0 Å². The van der Waals surface area contributed by atoms with Crippen LogP contribution < -0.4 is 5.32 Å². The molecule has 3 nitrogen and oxygen atoms in total. The Hall–Kier alpha value is -0.650. The minimum absolute atomic E-state index is 0.379. The first kappa shape index (κ1) is 11.8. The Balaban J connectivity index is 2.35. The molecule has 0 aliphatic heterocycles. The monoisotopic (exact) mass is 361 g/mol. The number of aromatic nitrogens is 2. The summed E-state index contributed by atoms with van der Waals surface area (Å²) in [5.41, 5.74) is 0.915. The molecule has 1 N–H and O–H groups in total. The molecule has 1 aromatic heterocycles. The van der Waals surface area contributed by atoms with Gasteiger partial charge in [0, 0.05) is 4.47 Å². The van der Waals surface area contributed by atoms with Gasteiger partial charge in [-0.2, -0.15) is 0 Å². The number of halogens is 3. The predicted octanol–water partition coefficient (Wildman–Crippen LogP) is 4.40. The fourth-order valence-corrected chi connectivity index (χ4v) is 1.95. The van der Waals surface area contributed by atoms with Crippen molar-refractivity contribution in [2.45, 2.75) is 0 Å². The average molecular weight is 363 g/mol. The van der Waals surface area contributed by atoms with Gasteiger partial charge in [-0.15, -0.1) is 0 Å². The number of anilines is 2. The molecular formula is C10H6Br2ClN3. The molecule has 0 saturated heterocycles. The number of rotatable bonds is 2. The zero-order chi connectivity index (χ0) is 11.5. The first-order valence-electron chi connectivity index (χ1n) is 4.36. The molecule has 0 unspecified atom stereocenters. The second-order valence-corrected chi connectivity index (χ2v) is 4.94. The molecule has 0 radical (unpaired) electrons. The van der Waals surface area contributed by atoms with Crippen LogP contribution in [0, 0.1) is 0 Å². The molecule has 16 heavy (non-hydrogen) atoms. The third kappa shape index (κ3) is 2.53. The van der Waals surface area contributed by atoms with Gasteiger partial charge in [0.25, 0.3) is 0 Å². The highest BCUT2D eigenvalue weighted by Crippen LogP contribution is 2.31. The van der Waals surface area contributed by atoms with Crippen molar-refractivity contribution in [3.05, 3.63) is 44.7 Å². The highest BCUT2D eigenvalue weighted by molar-refractivity contribution is 9.11. The van der Waals surface area contributed by atoms with Gasteiger partial charge in [-0.3, -0.25) is 0 Å². The first-order chi connectivity index (χ1) is 7.68. The number of nitrogens with zero attached hydrogens (tertiary/aromatic N) is 2. The van der Waals surface area contributed by atoms with Gasteiger partial charge in [0.15, 0.2) is 0 Å². The van der Waals surface area contributed by atoms with Crippen molar-refractivity contribution in [3.63, 3.8) is 0 Å². The molecular weight excluding hydrogens is 357 g/mol. The zero-order valence-electron chi connectivity index (χ0n) is 7.92. The van der Waals surface area contributed by atoms with Crippen molar-refractivity contribution in [3.8, 4) is 0 Å². The minimum Gasteiger partial charge on any atom is -0.338 e. The van der Waals surface area contributed by atoms with E-state index >= 15 is 0 Å². The predicted molar refractivity (Wildman–Crippen MR) is 72.2 cm³/mol. The maximum Gasteiger partial charge on any atom is 0.149 e. The lowest BCUT2D eigenvalue weighted by Gasteiger charge is -2.09. The molecule has 0 saturated carbocycles. The van der Waals surface area contributed by atoms with Crippen LogP contribution in [0.25, 0.3) is 0 Å². The van der Waals surface area contributed by atoms with Crippen molar-refractivity contribution < 1.29 is 0 Å². The molecule has 2 rings (SSSR count). The third-order valence-corrected chi connectivity index (χ3v) is 3.83. The van der Waals surface area contributed by atoms with Gasteiger partial charge >= 0.3 is 0 Å². The summed E-state index contributed by atoms with van der Waals surface area (Å²) in [4.78, 5) is 7.96. The Morgan fingerprint density at radius 2 is 1.88 bits per heavy atom. The normalized spacial score (nSPS) is 10.2. The van der Waals surface area contributed by atoms with Gasteiger partial charge in [-0.05, 0) is 44.0 Å². The number of hydrogen-bond acceptors (Lipinski definition) is 3. The Bertz CT molecular complexity index is 519. The number of para-hydroxylation sites is 1. The van der Waals surface area contributed by atoms with E-state index in [0.717, 1.165) is 10.2 Å². The summed E-state index contributed by atoms with van der Waals surface area (Å²) in [7, 11) is 0. The van der Waals surface area contributed by atoms with Crippen LogP contribution in [-0.2, 0) is 0 Å². The Morgan fingerprint density at radius 1 is 1.12 bits per heavy atom. The minimum atomic E-state index is 0.379. The maximum atomic E-state index is 5.87. The van der Waals surface area contributed by atoms with Gasteiger partial charge in [-0.25, -0.2) is 9.97 Å². The van der Waals surface area contributed by atoms with Crippen LogP contribution in [0.2, 0.25) is 5.15 Å². The number of nitrogens with one attached hydrogen (secondary N) is 1. The largest absolute Gasteiger partial charge is 0.338 e. The van der Waals surface area contributed by atoms with Gasteiger partial charge in [-0.1, -0.05) is 23.7 Å². The van der Waals surface area contributed by atoms with Gasteiger partial charge in [0.05, 0.1) is 10.2 Å². The van der Waals surface area contributed by atoms with E-state index in [4.69, 9.17) is 11.6 Å². The van der Waals surface area contributed by atoms with Crippen LogP contribution >= 0.6 is 43.5 Å². The number of hydrogen-bond donors (Lipinski definition) is 1. The fourth-order valence-electron chi connectivity index (χ4n) is 1.13. The van der Waals surface area contributed by atoms with Crippen molar-refractivity contribution in [1.29, 1.82) is 0 Å². The average Bonchev–Trinajstić information content (AvgIpc) is 2.28. The molecule has 0 aliphatic rings. The second kappa shape index (κ2) is 5.12. The van der Waals surface area contributed by atoms with Gasteiger partial charge < -0.3 is 5.32 Å². The summed E-state index contributed by atoms with van der Waals surface area (Å²) in [6, 6.07) is 7.76. The SMILES string of the molecule is Clc1ncnc(Nc2ccccc2Br)c1Br.